The summed E-state index contributed by atoms with van der Waals surface area (Å²) in [6.07, 6.45) is 0. The summed E-state index contributed by atoms with van der Waals surface area (Å²) in [6.45, 7) is 6.33. The molecule has 2 nitrogen and oxygen atoms in total. The molecule has 0 atom stereocenters. The van der Waals surface area contributed by atoms with Gasteiger partial charge in [-0.3, -0.25) is 4.79 Å². The fourth-order valence-electron chi connectivity index (χ4n) is 3.04. The van der Waals surface area contributed by atoms with E-state index < -0.39 is 0 Å². The first-order valence-corrected chi connectivity index (χ1v) is 10.2. The van der Waals surface area contributed by atoms with E-state index in [9.17, 15) is 4.79 Å². The zero-order valence-corrected chi connectivity index (χ0v) is 16.8. The van der Waals surface area contributed by atoms with Crippen molar-refractivity contribution in [1.82, 2.24) is 0 Å². The van der Waals surface area contributed by atoms with Gasteiger partial charge in [-0.05, 0) is 41.7 Å². The Labute approximate surface area is 166 Å². The Morgan fingerprint density at radius 1 is 0.926 bits per heavy atom. The highest BCUT2D eigenvalue weighted by Gasteiger charge is 2.16. The number of para-hydroxylation sites is 1. The molecule has 3 aromatic rings. The number of nitrogens with one attached hydrogen (secondary N) is 1. The molecule has 0 aromatic heterocycles. The highest BCUT2D eigenvalue weighted by atomic mass is 32.2. The Morgan fingerprint density at radius 3 is 2.37 bits per heavy atom. The molecule has 3 heteroatoms. The third-order valence-corrected chi connectivity index (χ3v) is 5.68. The lowest BCUT2D eigenvalue weighted by molar-refractivity contribution is 0.102. The normalized spacial score (nSPS) is 10.8. The van der Waals surface area contributed by atoms with Crippen LogP contribution >= 0.6 is 11.8 Å². The van der Waals surface area contributed by atoms with Crippen LogP contribution in [0.5, 0.6) is 0 Å². The molecule has 0 saturated carbocycles. The van der Waals surface area contributed by atoms with Gasteiger partial charge in [0.05, 0.1) is 5.56 Å². The summed E-state index contributed by atoms with van der Waals surface area (Å²) in [4.78, 5) is 14.0. The average Bonchev–Trinajstić information content (AvgIpc) is 2.68. The van der Waals surface area contributed by atoms with Gasteiger partial charge < -0.3 is 5.32 Å². The molecule has 138 valence electrons. The second-order valence-corrected chi connectivity index (χ2v) is 7.94. The van der Waals surface area contributed by atoms with Gasteiger partial charge in [-0.15, -0.1) is 11.8 Å². The molecule has 0 aliphatic rings. The highest BCUT2D eigenvalue weighted by Crippen LogP contribution is 2.30. The van der Waals surface area contributed by atoms with Crippen LogP contribution < -0.4 is 5.32 Å². The molecule has 0 spiro atoms. The van der Waals surface area contributed by atoms with Crippen LogP contribution in [-0.4, -0.2) is 5.91 Å². The van der Waals surface area contributed by atoms with Crippen LogP contribution in [0.3, 0.4) is 0 Å². The van der Waals surface area contributed by atoms with Gasteiger partial charge in [-0.2, -0.15) is 0 Å². The second kappa shape index (κ2) is 8.92. The Bertz CT molecular complexity index is 919. The topological polar surface area (TPSA) is 29.1 Å². The van der Waals surface area contributed by atoms with Crippen molar-refractivity contribution < 1.29 is 4.79 Å². The Kier molecular flexibility index (Phi) is 6.36. The molecule has 0 radical (unpaired) electrons. The molecule has 0 aliphatic heterocycles. The van der Waals surface area contributed by atoms with Gasteiger partial charge in [0, 0.05) is 16.3 Å². The average molecular weight is 376 g/mol. The minimum Gasteiger partial charge on any atom is -0.321 e. The molecule has 0 heterocycles. The first-order chi connectivity index (χ1) is 13.1. The molecule has 27 heavy (non-hydrogen) atoms. The molecule has 0 saturated heterocycles. The molecular formula is C24H25NOS. The predicted molar refractivity (Wildman–Crippen MR) is 116 cm³/mol. The minimum absolute atomic E-state index is 0.0534. The van der Waals surface area contributed by atoms with Crippen LogP contribution in [0.25, 0.3) is 0 Å². The fourth-order valence-corrected chi connectivity index (χ4v) is 4.04. The number of amides is 1. The number of hydrogen-bond acceptors (Lipinski definition) is 2. The smallest absolute Gasteiger partial charge is 0.256 e. The van der Waals surface area contributed by atoms with Crippen molar-refractivity contribution in [2.75, 3.05) is 5.32 Å². The maximum Gasteiger partial charge on any atom is 0.256 e. The molecule has 1 amide bonds. The predicted octanol–water partition coefficient (Wildman–Crippen LogP) is 6.66. The van der Waals surface area contributed by atoms with Gasteiger partial charge >= 0.3 is 0 Å². The van der Waals surface area contributed by atoms with E-state index >= 15 is 0 Å². The van der Waals surface area contributed by atoms with Gasteiger partial charge in [-0.25, -0.2) is 0 Å². The zero-order chi connectivity index (χ0) is 19.2. The van der Waals surface area contributed by atoms with E-state index in [0.29, 0.717) is 5.92 Å². The molecule has 0 unspecified atom stereocenters. The van der Waals surface area contributed by atoms with Crippen molar-refractivity contribution in [3.8, 4) is 0 Å². The highest BCUT2D eigenvalue weighted by molar-refractivity contribution is 7.98. The van der Waals surface area contributed by atoms with Crippen LogP contribution in [0.15, 0.2) is 77.7 Å². The van der Waals surface area contributed by atoms with Crippen LogP contribution in [0.1, 0.15) is 46.8 Å². The van der Waals surface area contributed by atoms with Crippen LogP contribution in [0.4, 0.5) is 5.69 Å². The third-order valence-electron chi connectivity index (χ3n) is 4.53. The third kappa shape index (κ3) is 4.81. The standard InChI is InChI=1S/C24H25NOS/c1-17(2)20-14-9-10-18(3)23(20)25-24(26)21-13-7-8-15-22(21)27-16-19-11-5-4-6-12-19/h4-15,17H,16H2,1-3H3,(H,25,26). The van der Waals surface area contributed by atoms with Crippen LogP contribution in [-0.2, 0) is 5.75 Å². The summed E-state index contributed by atoms with van der Waals surface area (Å²) < 4.78 is 0. The Morgan fingerprint density at radius 2 is 1.63 bits per heavy atom. The summed E-state index contributed by atoms with van der Waals surface area (Å²) in [7, 11) is 0. The first kappa shape index (κ1) is 19.2. The summed E-state index contributed by atoms with van der Waals surface area (Å²) in [6, 6.07) is 24.3. The van der Waals surface area contributed by atoms with Gasteiger partial charge in [0.2, 0.25) is 0 Å². The van der Waals surface area contributed by atoms with E-state index in [-0.39, 0.29) is 5.91 Å². The molecular weight excluding hydrogens is 350 g/mol. The van der Waals surface area contributed by atoms with E-state index in [0.717, 1.165) is 33.0 Å². The van der Waals surface area contributed by atoms with Crippen LogP contribution in [0.2, 0.25) is 0 Å². The first-order valence-electron chi connectivity index (χ1n) is 9.23. The Hall–Kier alpha value is -2.52. The van der Waals surface area contributed by atoms with Gasteiger partial charge in [0.15, 0.2) is 0 Å². The molecule has 3 rings (SSSR count). The maximum atomic E-state index is 13.0. The van der Waals surface area contributed by atoms with Crippen molar-refractivity contribution in [3.63, 3.8) is 0 Å². The number of anilines is 1. The fraction of sp³-hybridized carbons (Fsp3) is 0.208. The van der Waals surface area contributed by atoms with Crippen molar-refractivity contribution in [2.45, 2.75) is 37.3 Å². The van der Waals surface area contributed by atoms with Gasteiger partial charge in [0.25, 0.3) is 5.91 Å². The van der Waals surface area contributed by atoms with Crippen molar-refractivity contribution >= 4 is 23.4 Å². The Balaban J connectivity index is 1.82. The minimum atomic E-state index is -0.0534. The molecule has 3 aromatic carbocycles. The van der Waals surface area contributed by atoms with Crippen molar-refractivity contribution in [3.05, 3.63) is 95.1 Å². The van der Waals surface area contributed by atoms with E-state index in [1.807, 2.05) is 61.5 Å². The van der Waals surface area contributed by atoms with Crippen LogP contribution in [0, 0.1) is 6.92 Å². The zero-order valence-electron chi connectivity index (χ0n) is 16.0. The van der Waals surface area contributed by atoms with Gasteiger partial charge in [0.1, 0.15) is 0 Å². The summed E-state index contributed by atoms with van der Waals surface area (Å²) in [5.41, 5.74) is 5.15. The molecule has 0 bridgehead atoms. The lowest BCUT2D eigenvalue weighted by atomic mass is 9.98. The van der Waals surface area contributed by atoms with E-state index in [4.69, 9.17) is 0 Å². The van der Waals surface area contributed by atoms with E-state index in [1.54, 1.807) is 11.8 Å². The summed E-state index contributed by atoms with van der Waals surface area (Å²) >= 11 is 1.69. The molecule has 0 aliphatic carbocycles. The summed E-state index contributed by atoms with van der Waals surface area (Å²) in [5.74, 6) is 1.14. The molecule has 1 N–H and O–H groups in total. The second-order valence-electron chi connectivity index (χ2n) is 6.92. The largest absolute Gasteiger partial charge is 0.321 e. The number of carbonyl (C=O) groups is 1. The lowest BCUT2D eigenvalue weighted by Gasteiger charge is -2.17. The summed E-state index contributed by atoms with van der Waals surface area (Å²) in [5, 5.41) is 3.16. The number of benzene rings is 3. The SMILES string of the molecule is Cc1cccc(C(C)C)c1NC(=O)c1ccccc1SCc1ccccc1. The number of rotatable bonds is 6. The van der Waals surface area contributed by atoms with Gasteiger partial charge in [-0.1, -0.05) is 74.5 Å². The quantitative estimate of drug-likeness (QED) is 0.488. The van der Waals surface area contributed by atoms with E-state index in [1.165, 1.54) is 5.56 Å². The maximum absolute atomic E-state index is 13.0. The lowest BCUT2D eigenvalue weighted by Crippen LogP contribution is -2.15. The van der Waals surface area contributed by atoms with E-state index in [2.05, 4.69) is 37.4 Å². The number of carbonyl (C=O) groups excluding carboxylic acids is 1. The number of aryl methyl sites for hydroxylation is 1. The van der Waals surface area contributed by atoms with Crippen molar-refractivity contribution in [2.24, 2.45) is 0 Å². The monoisotopic (exact) mass is 375 g/mol. The van der Waals surface area contributed by atoms with Crippen molar-refractivity contribution in [1.29, 1.82) is 0 Å². The number of hydrogen-bond donors (Lipinski definition) is 1. The molecule has 0 fully saturated rings. The number of thioether (sulfide) groups is 1.